The molecule has 1 aliphatic heterocycles. The predicted molar refractivity (Wildman–Crippen MR) is 85.2 cm³/mol. The number of carbonyl (C=O) groups excluding carboxylic acids is 2. The van der Waals surface area contributed by atoms with Gasteiger partial charge in [0.15, 0.2) is 6.04 Å². The van der Waals surface area contributed by atoms with Gasteiger partial charge in [-0.1, -0.05) is 60.7 Å². The first-order chi connectivity index (χ1) is 11.1. The molecule has 1 saturated heterocycles. The molecule has 1 aliphatic rings. The van der Waals surface area contributed by atoms with Gasteiger partial charge >= 0.3 is 5.97 Å². The van der Waals surface area contributed by atoms with E-state index in [1.54, 1.807) is 12.1 Å². The summed E-state index contributed by atoms with van der Waals surface area (Å²) in [4.78, 5) is 26.2. The van der Waals surface area contributed by atoms with Gasteiger partial charge in [0.25, 0.3) is 0 Å². The third-order valence-corrected chi connectivity index (χ3v) is 4.14. The number of methoxy groups -OCH3 is 1. The fraction of sp³-hybridized carbons (Fsp3) is 0.222. The molecular weight excluding hydrogens is 292 g/mol. The summed E-state index contributed by atoms with van der Waals surface area (Å²) in [6.45, 7) is 0. The minimum atomic E-state index is -0.793. The number of hydrogen-bond acceptors (Lipinski definition) is 4. The average Bonchev–Trinajstić information content (AvgIpc) is 2.62. The van der Waals surface area contributed by atoms with Gasteiger partial charge in [-0.25, -0.2) is 4.79 Å². The third-order valence-electron chi connectivity index (χ3n) is 4.14. The van der Waals surface area contributed by atoms with Gasteiger partial charge in [-0.15, -0.1) is 0 Å². The molecule has 0 bridgehead atoms. The van der Waals surface area contributed by atoms with Crippen LogP contribution in [0.15, 0.2) is 60.7 Å². The second kappa shape index (κ2) is 6.22. The third kappa shape index (κ3) is 2.59. The lowest BCUT2D eigenvalue weighted by Crippen LogP contribution is -2.64. The second-order valence-electron chi connectivity index (χ2n) is 5.46. The van der Waals surface area contributed by atoms with Crippen molar-refractivity contribution in [2.24, 2.45) is 5.73 Å². The topological polar surface area (TPSA) is 72.6 Å². The molecule has 1 fully saturated rings. The molecule has 0 radical (unpaired) electrons. The Morgan fingerprint density at radius 2 is 1.65 bits per heavy atom. The number of β-lactam (4-membered cyclic amide) rings is 1. The molecule has 23 heavy (non-hydrogen) atoms. The molecule has 5 heteroatoms. The summed E-state index contributed by atoms with van der Waals surface area (Å²) >= 11 is 0. The zero-order valence-electron chi connectivity index (χ0n) is 12.8. The van der Waals surface area contributed by atoms with Gasteiger partial charge in [-0.3, -0.25) is 4.79 Å². The number of nitrogens with zero attached hydrogens (tertiary/aromatic N) is 1. The predicted octanol–water partition coefficient (Wildman–Crippen LogP) is 1.81. The van der Waals surface area contributed by atoms with Crippen molar-refractivity contribution in [3.8, 4) is 0 Å². The molecule has 2 aromatic carbocycles. The molecule has 2 N–H and O–H groups in total. The van der Waals surface area contributed by atoms with E-state index in [4.69, 9.17) is 10.5 Å². The summed E-state index contributed by atoms with van der Waals surface area (Å²) < 4.78 is 4.92. The maximum atomic E-state index is 12.4. The van der Waals surface area contributed by atoms with Crippen LogP contribution in [-0.2, 0) is 14.3 Å². The van der Waals surface area contributed by atoms with Gasteiger partial charge < -0.3 is 15.4 Å². The number of amides is 1. The Labute approximate surface area is 134 Å². The van der Waals surface area contributed by atoms with E-state index in [9.17, 15) is 9.59 Å². The maximum Gasteiger partial charge on any atom is 0.333 e. The van der Waals surface area contributed by atoms with Crippen LogP contribution in [0.3, 0.4) is 0 Å². The Hall–Kier alpha value is -2.66. The zero-order chi connectivity index (χ0) is 16.4. The number of rotatable bonds is 4. The fourth-order valence-electron chi connectivity index (χ4n) is 3.00. The van der Waals surface area contributed by atoms with Crippen LogP contribution in [0.25, 0.3) is 0 Å². The summed E-state index contributed by atoms with van der Waals surface area (Å²) in [7, 11) is 1.32. The van der Waals surface area contributed by atoms with Crippen molar-refractivity contribution in [3.05, 3.63) is 71.8 Å². The molecule has 3 rings (SSSR count). The van der Waals surface area contributed by atoms with Gasteiger partial charge in [-0.05, 0) is 11.1 Å². The molecule has 1 heterocycles. The summed E-state index contributed by atoms with van der Waals surface area (Å²) in [5, 5.41) is 0. The minimum Gasteiger partial charge on any atom is -0.467 e. The van der Waals surface area contributed by atoms with E-state index in [2.05, 4.69) is 0 Å². The number of carbonyl (C=O) groups is 2. The smallest absolute Gasteiger partial charge is 0.333 e. The second-order valence-corrected chi connectivity index (χ2v) is 5.46. The molecule has 0 aromatic heterocycles. The van der Waals surface area contributed by atoms with Gasteiger partial charge in [0.05, 0.1) is 13.2 Å². The molecule has 1 amide bonds. The summed E-state index contributed by atoms with van der Waals surface area (Å²) in [5.41, 5.74) is 7.62. The van der Waals surface area contributed by atoms with Gasteiger partial charge in [-0.2, -0.15) is 0 Å². The molecule has 118 valence electrons. The van der Waals surface area contributed by atoms with Crippen molar-refractivity contribution in [2.45, 2.75) is 18.1 Å². The largest absolute Gasteiger partial charge is 0.467 e. The summed E-state index contributed by atoms with van der Waals surface area (Å²) in [6.07, 6.45) is 0. The highest BCUT2D eigenvalue weighted by molar-refractivity contribution is 5.94. The SMILES string of the molecule is COC(=O)[C@H](c1ccccc1)N1C(=O)[C@@H](N)[C@@H]1c1ccccc1. The molecule has 5 nitrogen and oxygen atoms in total. The number of likely N-dealkylation sites (tertiary alicyclic amines) is 1. The van der Waals surface area contributed by atoms with Crippen LogP contribution in [0, 0.1) is 0 Å². The highest BCUT2D eigenvalue weighted by Crippen LogP contribution is 2.41. The van der Waals surface area contributed by atoms with Crippen molar-refractivity contribution in [3.63, 3.8) is 0 Å². The Morgan fingerprint density at radius 3 is 2.22 bits per heavy atom. The highest BCUT2D eigenvalue weighted by Gasteiger charge is 2.51. The Morgan fingerprint density at radius 1 is 1.09 bits per heavy atom. The number of ether oxygens (including phenoxy) is 1. The molecule has 0 unspecified atom stereocenters. The van der Waals surface area contributed by atoms with E-state index in [0.29, 0.717) is 5.56 Å². The Balaban J connectivity index is 2.01. The normalized spacial score (nSPS) is 21.5. The fourth-order valence-corrected chi connectivity index (χ4v) is 3.00. The monoisotopic (exact) mass is 310 g/mol. The van der Waals surface area contributed by atoms with Gasteiger partial charge in [0.1, 0.15) is 6.04 Å². The average molecular weight is 310 g/mol. The zero-order valence-corrected chi connectivity index (χ0v) is 12.8. The molecule has 0 spiro atoms. The van der Waals surface area contributed by atoms with Crippen LogP contribution in [0.2, 0.25) is 0 Å². The molecular formula is C18H18N2O3. The standard InChI is InChI=1S/C18H18N2O3/c1-23-18(22)16(13-10-6-3-7-11-13)20-15(14(19)17(20)21)12-8-4-2-5-9-12/h2-11,14-16H,19H2,1H3/t14-,15-,16-/m0/s1. The van der Waals surface area contributed by atoms with Crippen LogP contribution in [-0.4, -0.2) is 29.9 Å². The van der Waals surface area contributed by atoms with Crippen LogP contribution in [0.1, 0.15) is 23.2 Å². The molecule has 0 aliphatic carbocycles. The van der Waals surface area contributed by atoms with E-state index >= 15 is 0 Å². The first kappa shape index (κ1) is 15.2. The number of nitrogens with two attached hydrogens (primary N) is 1. The Bertz CT molecular complexity index is 703. The minimum absolute atomic E-state index is 0.252. The maximum absolute atomic E-state index is 12.4. The van der Waals surface area contributed by atoms with Crippen molar-refractivity contribution in [2.75, 3.05) is 7.11 Å². The van der Waals surface area contributed by atoms with Gasteiger partial charge in [0, 0.05) is 0 Å². The van der Waals surface area contributed by atoms with E-state index in [0.717, 1.165) is 5.56 Å². The first-order valence-electron chi connectivity index (χ1n) is 7.40. The summed E-state index contributed by atoms with van der Waals surface area (Å²) in [5.74, 6) is -0.726. The van der Waals surface area contributed by atoms with Crippen LogP contribution in [0.4, 0.5) is 0 Å². The number of esters is 1. The lowest BCUT2D eigenvalue weighted by atomic mass is 9.85. The molecule has 2 aromatic rings. The highest BCUT2D eigenvalue weighted by atomic mass is 16.5. The van der Waals surface area contributed by atoms with Crippen molar-refractivity contribution in [1.82, 2.24) is 4.90 Å². The van der Waals surface area contributed by atoms with Crippen LogP contribution < -0.4 is 5.73 Å². The van der Waals surface area contributed by atoms with Crippen molar-refractivity contribution < 1.29 is 14.3 Å². The number of benzene rings is 2. The van der Waals surface area contributed by atoms with Crippen LogP contribution in [0.5, 0.6) is 0 Å². The lowest BCUT2D eigenvalue weighted by Gasteiger charge is -2.48. The molecule has 3 atom stereocenters. The van der Waals surface area contributed by atoms with E-state index in [-0.39, 0.29) is 11.9 Å². The van der Waals surface area contributed by atoms with Crippen LogP contribution >= 0.6 is 0 Å². The lowest BCUT2D eigenvalue weighted by molar-refractivity contribution is -0.166. The van der Waals surface area contributed by atoms with E-state index in [1.165, 1.54) is 12.0 Å². The van der Waals surface area contributed by atoms with Crippen molar-refractivity contribution in [1.29, 1.82) is 0 Å². The quantitative estimate of drug-likeness (QED) is 0.690. The first-order valence-corrected chi connectivity index (χ1v) is 7.40. The molecule has 0 saturated carbocycles. The van der Waals surface area contributed by atoms with Crippen molar-refractivity contribution >= 4 is 11.9 Å². The Kier molecular flexibility index (Phi) is 4.12. The summed E-state index contributed by atoms with van der Waals surface area (Å²) in [6, 6.07) is 16.8. The number of hydrogen-bond donors (Lipinski definition) is 1. The van der Waals surface area contributed by atoms with E-state index < -0.39 is 18.1 Å². The van der Waals surface area contributed by atoms with E-state index in [1.807, 2.05) is 48.5 Å². The van der Waals surface area contributed by atoms with Gasteiger partial charge in [0.2, 0.25) is 5.91 Å².